The Balaban J connectivity index is 1.36. The standard InChI is InChI=1S/C76H147NO18/c1-3-5-7-9-11-13-15-17-19-21-23-25-26-27-28-29-30-31-32-33-34-36-38-40-42-44-46-48-50-52-54-64(82)77-59(60(81)53-51-49-47-45-43-41-39-37-35-24-22-20-18-16-14-12-10-8-6-4-2)58-90-74-70(88)67(85)72(62(56-79)92-74)95-76-71(89)68(86)73(63(57-80)93-76)94-75-69(87)66(84)65(83)61(55-78)91-75/h59-63,65-76,78-81,83-89H,3-58H2,1-2H3,(H,77,82). The van der Waals surface area contributed by atoms with Gasteiger partial charge in [-0.25, -0.2) is 0 Å². The molecule has 19 heteroatoms. The third kappa shape index (κ3) is 39.1. The second-order valence-electron chi connectivity index (χ2n) is 28.9. The van der Waals surface area contributed by atoms with Gasteiger partial charge in [-0.15, -0.1) is 0 Å². The molecule has 3 aliphatic rings. The van der Waals surface area contributed by atoms with E-state index in [4.69, 9.17) is 28.4 Å². The SMILES string of the molecule is CCCCCCCCCCCCCCCCCCCCCCCCCCCCCCCCC(=O)NC(COC1OC(CO)C(OC2OC(CO)C(OC3OC(CO)C(O)C(O)C3O)C(O)C2O)C(O)C1O)C(O)CCCCCCCCCCCCCCCCCCCCCC. The van der Waals surface area contributed by atoms with Gasteiger partial charge in [0.15, 0.2) is 18.9 Å². The van der Waals surface area contributed by atoms with Crippen LogP contribution in [0.5, 0.6) is 0 Å². The molecule has 0 aromatic rings. The molecule has 0 aromatic carbocycles. The van der Waals surface area contributed by atoms with Gasteiger partial charge in [0.05, 0.1) is 38.6 Å². The van der Waals surface area contributed by atoms with Gasteiger partial charge in [0.1, 0.15) is 73.2 Å². The molecule has 3 heterocycles. The van der Waals surface area contributed by atoms with E-state index in [1.165, 1.54) is 270 Å². The monoisotopic (exact) mass is 1360 g/mol. The molecule has 95 heavy (non-hydrogen) atoms. The summed E-state index contributed by atoms with van der Waals surface area (Å²) in [6.07, 6.45) is 39.1. The number of nitrogens with one attached hydrogen (secondary N) is 1. The number of aliphatic hydroxyl groups excluding tert-OH is 11. The lowest BCUT2D eigenvalue weighted by Crippen LogP contribution is -2.66. The van der Waals surface area contributed by atoms with Gasteiger partial charge in [-0.2, -0.15) is 0 Å². The molecular weight excluding hydrogens is 1210 g/mol. The molecular formula is C76H147NO18. The highest BCUT2D eigenvalue weighted by Gasteiger charge is 2.54. The molecule has 1 amide bonds. The zero-order valence-corrected chi connectivity index (χ0v) is 60.2. The van der Waals surface area contributed by atoms with E-state index < -0.39 is 124 Å². The summed E-state index contributed by atoms with van der Waals surface area (Å²) in [5.41, 5.74) is 0. The van der Waals surface area contributed by atoms with Crippen molar-refractivity contribution >= 4 is 5.91 Å². The van der Waals surface area contributed by atoms with Crippen molar-refractivity contribution < 1.29 is 89.4 Å². The van der Waals surface area contributed by atoms with Gasteiger partial charge in [-0.05, 0) is 12.8 Å². The minimum atomic E-state index is -1.97. The first-order valence-electron chi connectivity index (χ1n) is 39.8. The number of unbranched alkanes of at least 4 members (excludes halogenated alkanes) is 48. The summed E-state index contributed by atoms with van der Waals surface area (Å²) in [5, 5.41) is 121. The third-order valence-electron chi connectivity index (χ3n) is 20.4. The molecule has 17 atom stereocenters. The molecule has 3 saturated heterocycles. The first-order chi connectivity index (χ1) is 46.3. The second-order valence-corrected chi connectivity index (χ2v) is 28.9. The zero-order valence-electron chi connectivity index (χ0n) is 60.2. The predicted molar refractivity (Wildman–Crippen MR) is 374 cm³/mol. The molecule has 19 nitrogen and oxygen atoms in total. The lowest BCUT2D eigenvalue weighted by Gasteiger charge is -2.48. The van der Waals surface area contributed by atoms with Crippen molar-refractivity contribution in [2.24, 2.45) is 0 Å². The number of rotatable bonds is 64. The molecule has 12 N–H and O–H groups in total. The van der Waals surface area contributed by atoms with Gasteiger partial charge in [-0.3, -0.25) is 4.79 Å². The Morgan fingerprint density at radius 1 is 0.337 bits per heavy atom. The van der Waals surface area contributed by atoms with Crippen molar-refractivity contribution in [1.82, 2.24) is 5.32 Å². The minimum Gasteiger partial charge on any atom is -0.394 e. The van der Waals surface area contributed by atoms with E-state index in [1.54, 1.807) is 0 Å². The summed E-state index contributed by atoms with van der Waals surface area (Å²) in [5.74, 6) is -0.233. The van der Waals surface area contributed by atoms with E-state index in [9.17, 15) is 61.0 Å². The van der Waals surface area contributed by atoms with Crippen molar-refractivity contribution in [3.05, 3.63) is 0 Å². The Hall–Kier alpha value is -1.21. The largest absolute Gasteiger partial charge is 0.394 e. The van der Waals surface area contributed by atoms with Crippen LogP contribution in [0.2, 0.25) is 0 Å². The van der Waals surface area contributed by atoms with Crippen molar-refractivity contribution in [3.63, 3.8) is 0 Å². The van der Waals surface area contributed by atoms with Crippen molar-refractivity contribution in [2.45, 2.75) is 452 Å². The van der Waals surface area contributed by atoms with Gasteiger partial charge >= 0.3 is 0 Å². The summed E-state index contributed by atoms with van der Waals surface area (Å²) < 4.78 is 34.5. The normalized spacial score (nSPS) is 27.1. The smallest absolute Gasteiger partial charge is 0.220 e. The zero-order chi connectivity index (χ0) is 68.9. The predicted octanol–water partition coefficient (Wildman–Crippen LogP) is 12.6. The maximum atomic E-state index is 13.5. The summed E-state index contributed by atoms with van der Waals surface area (Å²) in [6.45, 7) is 1.87. The second kappa shape index (κ2) is 58.3. The number of hydrogen-bond acceptors (Lipinski definition) is 18. The molecule has 3 fully saturated rings. The first-order valence-corrected chi connectivity index (χ1v) is 39.8. The lowest BCUT2D eigenvalue weighted by molar-refractivity contribution is -0.379. The number of ether oxygens (including phenoxy) is 6. The van der Waals surface area contributed by atoms with Crippen LogP contribution in [0.25, 0.3) is 0 Å². The van der Waals surface area contributed by atoms with Gasteiger partial charge in [0.2, 0.25) is 5.91 Å². The maximum absolute atomic E-state index is 13.5. The molecule has 0 aliphatic carbocycles. The van der Waals surface area contributed by atoms with Crippen LogP contribution >= 0.6 is 0 Å². The number of carbonyl (C=O) groups excluding carboxylic acids is 1. The molecule has 3 rings (SSSR count). The van der Waals surface area contributed by atoms with E-state index >= 15 is 0 Å². The van der Waals surface area contributed by atoms with Crippen molar-refractivity contribution in [1.29, 1.82) is 0 Å². The van der Waals surface area contributed by atoms with E-state index in [0.717, 1.165) is 44.9 Å². The number of amides is 1. The van der Waals surface area contributed by atoms with E-state index in [2.05, 4.69) is 19.2 Å². The third-order valence-corrected chi connectivity index (χ3v) is 20.4. The lowest BCUT2D eigenvalue weighted by atomic mass is 9.96. The fraction of sp³-hybridized carbons (Fsp3) is 0.987. The fourth-order valence-corrected chi connectivity index (χ4v) is 14.0. The van der Waals surface area contributed by atoms with Crippen LogP contribution in [0.3, 0.4) is 0 Å². The Labute approximate surface area is 576 Å². The molecule has 0 bridgehead atoms. The Kier molecular flexibility index (Phi) is 54.0. The Morgan fingerprint density at radius 3 is 0.916 bits per heavy atom. The highest BCUT2D eigenvalue weighted by molar-refractivity contribution is 5.76. The van der Waals surface area contributed by atoms with Crippen molar-refractivity contribution in [3.8, 4) is 0 Å². The quantitative estimate of drug-likeness (QED) is 0.0252. The van der Waals surface area contributed by atoms with Gasteiger partial charge in [0, 0.05) is 6.42 Å². The van der Waals surface area contributed by atoms with Crippen LogP contribution in [-0.2, 0) is 33.2 Å². The number of carbonyl (C=O) groups is 1. The number of aliphatic hydroxyl groups is 11. The van der Waals surface area contributed by atoms with Crippen LogP contribution in [0.4, 0.5) is 0 Å². The maximum Gasteiger partial charge on any atom is 0.220 e. The van der Waals surface area contributed by atoms with Crippen LogP contribution in [0.1, 0.15) is 348 Å². The first kappa shape index (κ1) is 88.0. The van der Waals surface area contributed by atoms with Crippen LogP contribution < -0.4 is 5.32 Å². The summed E-state index contributed by atoms with van der Waals surface area (Å²) in [4.78, 5) is 13.5. The van der Waals surface area contributed by atoms with Crippen LogP contribution in [-0.4, -0.2) is 193 Å². The fourth-order valence-electron chi connectivity index (χ4n) is 14.0. The average Bonchev–Trinajstić information content (AvgIpc) is 0.787. The molecule has 564 valence electrons. The van der Waals surface area contributed by atoms with Crippen LogP contribution in [0, 0.1) is 0 Å². The molecule has 3 aliphatic heterocycles. The highest BCUT2D eigenvalue weighted by atomic mass is 16.8. The Bertz CT molecular complexity index is 1720. The van der Waals surface area contributed by atoms with Crippen LogP contribution in [0.15, 0.2) is 0 Å². The molecule has 0 aromatic heterocycles. The summed E-state index contributed by atoms with van der Waals surface area (Å²) >= 11 is 0. The minimum absolute atomic E-state index is 0.233. The summed E-state index contributed by atoms with van der Waals surface area (Å²) in [6, 6.07) is -0.883. The van der Waals surface area contributed by atoms with Gasteiger partial charge in [0.25, 0.3) is 0 Å². The topological polar surface area (TPSA) is 307 Å². The van der Waals surface area contributed by atoms with E-state index in [-0.39, 0.29) is 18.9 Å². The van der Waals surface area contributed by atoms with E-state index in [1.807, 2.05) is 0 Å². The Morgan fingerprint density at radius 2 is 0.600 bits per heavy atom. The molecule has 17 unspecified atom stereocenters. The molecule has 0 radical (unpaired) electrons. The van der Waals surface area contributed by atoms with Gasteiger partial charge < -0.3 is 89.9 Å². The van der Waals surface area contributed by atoms with E-state index in [0.29, 0.717) is 12.8 Å². The van der Waals surface area contributed by atoms with Crippen molar-refractivity contribution in [2.75, 3.05) is 26.4 Å². The number of hydrogen-bond donors (Lipinski definition) is 12. The average molecular weight is 1360 g/mol. The molecule has 0 spiro atoms. The van der Waals surface area contributed by atoms with Gasteiger partial charge in [-0.1, -0.05) is 328 Å². The summed E-state index contributed by atoms with van der Waals surface area (Å²) in [7, 11) is 0. The highest BCUT2D eigenvalue weighted by Crippen LogP contribution is 2.33. The molecule has 0 saturated carbocycles.